The molecule has 1 fully saturated rings. The van der Waals surface area contributed by atoms with Crippen LogP contribution in [0, 0.1) is 5.92 Å². The van der Waals surface area contributed by atoms with Gasteiger partial charge in [-0.1, -0.05) is 48.5 Å². The van der Waals surface area contributed by atoms with Gasteiger partial charge in [0.05, 0.1) is 6.04 Å². The molecule has 2 heteroatoms. The van der Waals surface area contributed by atoms with Gasteiger partial charge in [-0.25, -0.2) is 0 Å². The van der Waals surface area contributed by atoms with Crippen molar-refractivity contribution in [2.24, 2.45) is 5.92 Å². The zero-order chi connectivity index (χ0) is 13.9. The normalized spacial score (nSPS) is 21.9. The first-order chi connectivity index (χ1) is 9.75. The third-order valence-corrected chi connectivity index (χ3v) is 4.15. The van der Waals surface area contributed by atoms with Gasteiger partial charge in [0, 0.05) is 18.2 Å². The van der Waals surface area contributed by atoms with Crippen LogP contribution in [0.3, 0.4) is 0 Å². The minimum absolute atomic E-state index is 0.139. The predicted molar refractivity (Wildman–Crippen MR) is 81.8 cm³/mol. The Morgan fingerprint density at radius 2 is 1.60 bits per heavy atom. The van der Waals surface area contributed by atoms with Crippen molar-refractivity contribution in [3.8, 4) is 0 Å². The number of nitrogens with zero attached hydrogens (tertiary/aromatic N) is 1. The predicted octanol–water partition coefficient (Wildman–Crippen LogP) is 3.84. The van der Waals surface area contributed by atoms with E-state index in [1.165, 1.54) is 11.3 Å². The number of Topliss-reactive ketones (excluding diaryl/α,β-unsaturated/α-hetero) is 1. The summed E-state index contributed by atoms with van der Waals surface area (Å²) < 4.78 is 0. The van der Waals surface area contributed by atoms with Crippen molar-refractivity contribution in [1.29, 1.82) is 0 Å². The van der Waals surface area contributed by atoms with Crippen molar-refractivity contribution < 1.29 is 4.79 Å². The highest BCUT2D eigenvalue weighted by atomic mass is 16.1. The van der Waals surface area contributed by atoms with Crippen LogP contribution >= 0.6 is 0 Å². The first-order valence-electron chi connectivity index (χ1n) is 7.13. The molecular weight excluding hydrogens is 246 g/mol. The zero-order valence-corrected chi connectivity index (χ0v) is 11.7. The van der Waals surface area contributed by atoms with Gasteiger partial charge in [-0.3, -0.25) is 4.79 Å². The molecule has 0 saturated carbocycles. The van der Waals surface area contributed by atoms with Crippen LogP contribution in [0.25, 0.3) is 0 Å². The molecule has 2 nitrogen and oxygen atoms in total. The Kier molecular flexibility index (Phi) is 3.55. The molecule has 2 aromatic rings. The largest absolute Gasteiger partial charge is 0.364 e. The zero-order valence-electron chi connectivity index (χ0n) is 11.7. The van der Waals surface area contributed by atoms with Crippen LogP contribution in [0.2, 0.25) is 0 Å². The molecule has 2 atom stereocenters. The number of hydrogen-bond donors (Lipinski definition) is 0. The Balaban J connectivity index is 1.95. The van der Waals surface area contributed by atoms with Crippen LogP contribution in [-0.2, 0) is 4.79 Å². The van der Waals surface area contributed by atoms with Crippen LogP contribution in [0.15, 0.2) is 60.7 Å². The third kappa shape index (κ3) is 2.46. The number of rotatable bonds is 3. The van der Waals surface area contributed by atoms with Gasteiger partial charge in [0.15, 0.2) is 0 Å². The van der Waals surface area contributed by atoms with Crippen LogP contribution in [0.4, 0.5) is 5.69 Å². The molecule has 0 radical (unpaired) electrons. The molecule has 2 aromatic carbocycles. The second-order valence-electron chi connectivity index (χ2n) is 5.46. The summed E-state index contributed by atoms with van der Waals surface area (Å²) in [5.41, 5.74) is 2.49. The molecule has 1 heterocycles. The quantitative estimate of drug-likeness (QED) is 0.840. The van der Waals surface area contributed by atoms with Crippen LogP contribution in [0.1, 0.15) is 24.9 Å². The summed E-state index contributed by atoms with van der Waals surface area (Å²) in [7, 11) is 0. The summed E-state index contributed by atoms with van der Waals surface area (Å²) in [4.78, 5) is 14.1. The van der Waals surface area contributed by atoms with E-state index in [4.69, 9.17) is 0 Å². The van der Waals surface area contributed by atoms with Crippen molar-refractivity contribution in [1.82, 2.24) is 0 Å². The molecular formula is C18H19NO. The first kappa shape index (κ1) is 12.9. The SMILES string of the molecule is CC(=O)C1CC(c2ccccc2)N(c2ccccc2)C1. The Morgan fingerprint density at radius 3 is 2.20 bits per heavy atom. The maximum atomic E-state index is 11.8. The molecule has 0 aliphatic carbocycles. The molecule has 0 spiro atoms. The van der Waals surface area contributed by atoms with Gasteiger partial charge in [-0.2, -0.15) is 0 Å². The average Bonchev–Trinajstić information content (AvgIpc) is 2.94. The van der Waals surface area contributed by atoms with Crippen molar-refractivity contribution in [2.75, 3.05) is 11.4 Å². The van der Waals surface area contributed by atoms with E-state index in [9.17, 15) is 4.79 Å². The van der Waals surface area contributed by atoms with Gasteiger partial charge in [-0.15, -0.1) is 0 Å². The number of para-hydroxylation sites is 1. The lowest BCUT2D eigenvalue weighted by atomic mass is 9.97. The Hall–Kier alpha value is -2.09. The van der Waals surface area contributed by atoms with Crippen LogP contribution < -0.4 is 4.90 Å². The summed E-state index contributed by atoms with van der Waals surface area (Å²) in [6, 6.07) is 21.2. The molecule has 1 saturated heterocycles. The molecule has 1 aliphatic heterocycles. The molecule has 0 amide bonds. The van der Waals surface area contributed by atoms with Gasteiger partial charge in [0.2, 0.25) is 0 Å². The van der Waals surface area contributed by atoms with Crippen molar-refractivity contribution in [3.63, 3.8) is 0 Å². The fraction of sp³-hybridized carbons (Fsp3) is 0.278. The summed E-state index contributed by atoms with van der Waals surface area (Å²) in [6.45, 7) is 2.53. The summed E-state index contributed by atoms with van der Waals surface area (Å²) in [5, 5.41) is 0. The summed E-state index contributed by atoms with van der Waals surface area (Å²) >= 11 is 0. The fourth-order valence-electron chi connectivity index (χ4n) is 3.03. The van der Waals surface area contributed by atoms with E-state index in [2.05, 4.69) is 53.4 Å². The van der Waals surface area contributed by atoms with E-state index in [1.54, 1.807) is 6.92 Å². The highest BCUT2D eigenvalue weighted by molar-refractivity contribution is 5.80. The van der Waals surface area contributed by atoms with E-state index in [-0.39, 0.29) is 5.92 Å². The number of hydrogen-bond acceptors (Lipinski definition) is 2. The van der Waals surface area contributed by atoms with Gasteiger partial charge < -0.3 is 4.90 Å². The number of benzene rings is 2. The van der Waals surface area contributed by atoms with Crippen molar-refractivity contribution in [2.45, 2.75) is 19.4 Å². The minimum atomic E-state index is 0.139. The highest BCUT2D eigenvalue weighted by Crippen LogP contribution is 2.39. The number of carbonyl (C=O) groups excluding carboxylic acids is 1. The number of ketones is 1. The van der Waals surface area contributed by atoms with Gasteiger partial charge >= 0.3 is 0 Å². The Morgan fingerprint density at radius 1 is 1.00 bits per heavy atom. The van der Waals surface area contributed by atoms with Crippen molar-refractivity contribution >= 4 is 11.5 Å². The van der Waals surface area contributed by atoms with Crippen LogP contribution in [-0.4, -0.2) is 12.3 Å². The summed E-state index contributed by atoms with van der Waals surface area (Å²) in [6.07, 6.45) is 0.911. The second-order valence-corrected chi connectivity index (χ2v) is 5.46. The van der Waals surface area contributed by atoms with E-state index in [0.717, 1.165) is 13.0 Å². The van der Waals surface area contributed by atoms with Crippen LogP contribution in [0.5, 0.6) is 0 Å². The smallest absolute Gasteiger partial charge is 0.134 e. The maximum absolute atomic E-state index is 11.8. The van der Waals surface area contributed by atoms with Gasteiger partial charge in [-0.05, 0) is 31.0 Å². The number of anilines is 1. The monoisotopic (exact) mass is 265 g/mol. The third-order valence-electron chi connectivity index (χ3n) is 4.15. The topological polar surface area (TPSA) is 20.3 Å². The van der Waals surface area contributed by atoms with Crippen molar-refractivity contribution in [3.05, 3.63) is 66.2 Å². The van der Waals surface area contributed by atoms with E-state index < -0.39 is 0 Å². The first-order valence-corrected chi connectivity index (χ1v) is 7.13. The minimum Gasteiger partial charge on any atom is -0.364 e. The van der Waals surface area contributed by atoms with E-state index >= 15 is 0 Å². The van der Waals surface area contributed by atoms with E-state index in [1.807, 2.05) is 12.1 Å². The molecule has 102 valence electrons. The van der Waals surface area contributed by atoms with E-state index in [0.29, 0.717) is 11.8 Å². The van der Waals surface area contributed by atoms with Gasteiger partial charge in [0.1, 0.15) is 5.78 Å². The van der Waals surface area contributed by atoms with Gasteiger partial charge in [0.25, 0.3) is 0 Å². The average molecular weight is 265 g/mol. The molecule has 3 rings (SSSR count). The fourth-order valence-corrected chi connectivity index (χ4v) is 3.03. The lowest BCUT2D eigenvalue weighted by molar-refractivity contribution is -0.120. The molecule has 1 aliphatic rings. The number of carbonyl (C=O) groups is 1. The highest BCUT2D eigenvalue weighted by Gasteiger charge is 2.35. The molecule has 2 unspecified atom stereocenters. The standard InChI is InChI=1S/C18H19NO/c1-14(20)16-12-18(15-8-4-2-5-9-15)19(13-16)17-10-6-3-7-11-17/h2-11,16,18H,12-13H2,1H3. The lowest BCUT2D eigenvalue weighted by Crippen LogP contribution is -2.24. The lowest BCUT2D eigenvalue weighted by Gasteiger charge is -2.27. The maximum Gasteiger partial charge on any atom is 0.134 e. The molecule has 0 bridgehead atoms. The molecule has 0 N–H and O–H groups in total. The second kappa shape index (κ2) is 5.49. The Labute approximate surface area is 120 Å². The summed E-state index contributed by atoms with van der Waals surface area (Å²) in [5.74, 6) is 0.435. The Bertz CT molecular complexity index is 531. The molecule has 0 aromatic heterocycles. The molecule has 20 heavy (non-hydrogen) atoms.